The molecule has 0 bridgehead atoms. The number of ether oxygens (including phenoxy) is 1. The normalized spacial score (nSPS) is 10.8. The van der Waals surface area contributed by atoms with Gasteiger partial charge in [-0.15, -0.1) is 11.8 Å². The molecule has 6 heteroatoms. The second kappa shape index (κ2) is 7.68. The van der Waals surface area contributed by atoms with Crippen LogP contribution in [-0.2, 0) is 4.79 Å². The summed E-state index contributed by atoms with van der Waals surface area (Å²) < 4.78 is 6.49. The van der Waals surface area contributed by atoms with Crippen molar-refractivity contribution in [2.45, 2.75) is 18.7 Å². The van der Waals surface area contributed by atoms with E-state index in [2.05, 4.69) is 10.3 Å². The summed E-state index contributed by atoms with van der Waals surface area (Å²) in [6.07, 6.45) is 0. The number of aryl methyl sites for hydroxylation is 1. The molecule has 0 aliphatic carbocycles. The number of fused-ring (bicyclic) bond motifs is 1. The molecule has 0 fully saturated rings. The summed E-state index contributed by atoms with van der Waals surface area (Å²) in [5, 5.41) is 3.49. The molecule has 1 N–H and O–H groups in total. The number of carbonyl (C=O) groups excluding carboxylic acids is 1. The lowest BCUT2D eigenvalue weighted by molar-refractivity contribution is -0.113. The Hall–Kier alpha value is -2.05. The molecule has 0 unspecified atom stereocenters. The number of thiazole rings is 1. The fraction of sp³-hybridized carbons (Fsp3) is 0.222. The van der Waals surface area contributed by atoms with E-state index in [4.69, 9.17) is 4.74 Å². The number of hydrogen-bond acceptors (Lipinski definition) is 5. The van der Waals surface area contributed by atoms with Gasteiger partial charge >= 0.3 is 0 Å². The van der Waals surface area contributed by atoms with Crippen molar-refractivity contribution in [1.82, 2.24) is 4.98 Å². The van der Waals surface area contributed by atoms with E-state index < -0.39 is 0 Å². The van der Waals surface area contributed by atoms with Crippen LogP contribution in [0.3, 0.4) is 0 Å². The van der Waals surface area contributed by atoms with Crippen LogP contribution in [0.4, 0.5) is 5.13 Å². The Labute approximate surface area is 149 Å². The lowest BCUT2D eigenvalue weighted by atomic mass is 10.2. The molecule has 2 aromatic carbocycles. The Morgan fingerprint density at radius 3 is 2.79 bits per heavy atom. The molecule has 0 aliphatic rings. The van der Waals surface area contributed by atoms with E-state index in [9.17, 15) is 4.79 Å². The Bertz CT molecular complexity index is 844. The van der Waals surface area contributed by atoms with Gasteiger partial charge in [-0.05, 0) is 44.2 Å². The minimum absolute atomic E-state index is 0.0512. The van der Waals surface area contributed by atoms with Crippen molar-refractivity contribution >= 4 is 44.4 Å². The van der Waals surface area contributed by atoms with E-state index in [0.29, 0.717) is 17.5 Å². The second-order valence-corrected chi connectivity index (χ2v) is 7.31. The van der Waals surface area contributed by atoms with E-state index in [1.54, 1.807) is 0 Å². The highest BCUT2D eigenvalue weighted by atomic mass is 32.2. The van der Waals surface area contributed by atoms with Crippen molar-refractivity contribution in [1.29, 1.82) is 0 Å². The molecule has 1 heterocycles. The molecular weight excluding hydrogens is 340 g/mol. The second-order valence-electron chi connectivity index (χ2n) is 5.23. The first-order valence-corrected chi connectivity index (χ1v) is 9.47. The SMILES string of the molecule is CCOc1ccc2nc(NC(=O)CSc3ccc(C)cc3)sc2c1. The smallest absolute Gasteiger partial charge is 0.236 e. The van der Waals surface area contributed by atoms with Crippen molar-refractivity contribution in [2.24, 2.45) is 0 Å². The standard InChI is InChI=1S/C18H18N2O2S2/c1-3-22-13-6-9-15-16(10-13)24-18(19-15)20-17(21)11-23-14-7-4-12(2)5-8-14/h4-10H,3,11H2,1-2H3,(H,19,20,21). The molecule has 0 aliphatic heterocycles. The molecular formula is C18H18N2O2S2. The third kappa shape index (κ3) is 4.27. The summed E-state index contributed by atoms with van der Waals surface area (Å²) in [5.74, 6) is 1.13. The zero-order valence-corrected chi connectivity index (χ0v) is 15.2. The maximum atomic E-state index is 12.1. The highest BCUT2D eigenvalue weighted by Crippen LogP contribution is 2.29. The topological polar surface area (TPSA) is 51.2 Å². The summed E-state index contributed by atoms with van der Waals surface area (Å²) >= 11 is 2.97. The van der Waals surface area contributed by atoms with Crippen molar-refractivity contribution in [3.05, 3.63) is 48.0 Å². The van der Waals surface area contributed by atoms with Crippen LogP contribution in [0.25, 0.3) is 10.2 Å². The fourth-order valence-corrected chi connectivity index (χ4v) is 3.76. The molecule has 1 amide bonds. The minimum atomic E-state index is -0.0512. The van der Waals surface area contributed by atoms with E-state index in [1.807, 2.05) is 56.3 Å². The van der Waals surface area contributed by atoms with Gasteiger partial charge in [-0.25, -0.2) is 4.98 Å². The maximum absolute atomic E-state index is 12.1. The minimum Gasteiger partial charge on any atom is -0.494 e. The molecule has 3 aromatic rings. The molecule has 0 spiro atoms. The van der Waals surface area contributed by atoms with Crippen molar-refractivity contribution < 1.29 is 9.53 Å². The lowest BCUT2D eigenvalue weighted by Crippen LogP contribution is -2.13. The summed E-state index contributed by atoms with van der Waals surface area (Å²) in [7, 11) is 0. The molecule has 124 valence electrons. The van der Waals surface area contributed by atoms with Gasteiger partial charge in [0.2, 0.25) is 5.91 Å². The van der Waals surface area contributed by atoms with Gasteiger partial charge in [-0.1, -0.05) is 29.0 Å². The van der Waals surface area contributed by atoms with E-state index in [-0.39, 0.29) is 5.91 Å². The summed E-state index contributed by atoms with van der Waals surface area (Å²) in [4.78, 5) is 17.6. The molecule has 0 atom stereocenters. The Balaban J connectivity index is 1.61. The monoisotopic (exact) mass is 358 g/mol. The van der Waals surface area contributed by atoms with Crippen LogP contribution in [0.15, 0.2) is 47.4 Å². The van der Waals surface area contributed by atoms with Crippen LogP contribution in [0.5, 0.6) is 5.75 Å². The quantitative estimate of drug-likeness (QED) is 0.647. The Morgan fingerprint density at radius 1 is 1.25 bits per heavy atom. The highest BCUT2D eigenvalue weighted by Gasteiger charge is 2.09. The number of nitrogens with one attached hydrogen (secondary N) is 1. The van der Waals surface area contributed by atoms with Gasteiger partial charge in [0.15, 0.2) is 5.13 Å². The lowest BCUT2D eigenvalue weighted by Gasteiger charge is -2.02. The van der Waals surface area contributed by atoms with Gasteiger partial charge in [0.05, 0.1) is 22.6 Å². The Kier molecular flexibility index (Phi) is 5.37. The number of carbonyl (C=O) groups is 1. The zero-order chi connectivity index (χ0) is 16.9. The number of aromatic nitrogens is 1. The molecule has 0 saturated carbocycles. The van der Waals surface area contributed by atoms with Crippen LogP contribution in [0.2, 0.25) is 0 Å². The average Bonchev–Trinajstić information content (AvgIpc) is 2.96. The summed E-state index contributed by atoms with van der Waals surface area (Å²) in [6, 6.07) is 13.9. The van der Waals surface area contributed by atoms with Crippen molar-refractivity contribution in [3.63, 3.8) is 0 Å². The number of amides is 1. The van der Waals surface area contributed by atoms with E-state index >= 15 is 0 Å². The molecule has 24 heavy (non-hydrogen) atoms. The first-order chi connectivity index (χ1) is 11.6. The number of thioether (sulfide) groups is 1. The molecule has 0 radical (unpaired) electrons. The molecule has 4 nitrogen and oxygen atoms in total. The maximum Gasteiger partial charge on any atom is 0.236 e. The molecule has 0 saturated heterocycles. The van der Waals surface area contributed by atoms with Gasteiger partial charge in [0.1, 0.15) is 5.75 Å². The van der Waals surface area contributed by atoms with Crippen LogP contribution in [0, 0.1) is 6.92 Å². The Morgan fingerprint density at radius 2 is 2.04 bits per heavy atom. The molecule has 1 aromatic heterocycles. The third-order valence-corrected chi connectivity index (χ3v) is 5.25. The van der Waals surface area contributed by atoms with Crippen LogP contribution in [0.1, 0.15) is 12.5 Å². The van der Waals surface area contributed by atoms with Crippen LogP contribution in [-0.4, -0.2) is 23.3 Å². The predicted molar refractivity (Wildman–Crippen MR) is 101 cm³/mol. The number of anilines is 1. The summed E-state index contributed by atoms with van der Waals surface area (Å²) in [5.41, 5.74) is 2.08. The third-order valence-electron chi connectivity index (χ3n) is 3.31. The van der Waals surface area contributed by atoms with E-state index in [1.165, 1.54) is 28.7 Å². The predicted octanol–water partition coefficient (Wildman–Crippen LogP) is 4.73. The fourth-order valence-electron chi connectivity index (χ4n) is 2.15. The van der Waals surface area contributed by atoms with Crippen molar-refractivity contribution in [2.75, 3.05) is 17.7 Å². The van der Waals surface area contributed by atoms with Gasteiger partial charge in [0, 0.05) is 4.90 Å². The number of hydrogen-bond donors (Lipinski definition) is 1. The van der Waals surface area contributed by atoms with Gasteiger partial charge in [-0.3, -0.25) is 4.79 Å². The van der Waals surface area contributed by atoms with Gasteiger partial charge < -0.3 is 10.1 Å². The first-order valence-electron chi connectivity index (χ1n) is 7.67. The summed E-state index contributed by atoms with van der Waals surface area (Å²) in [6.45, 7) is 4.63. The van der Waals surface area contributed by atoms with Gasteiger partial charge in [0.25, 0.3) is 0 Å². The average molecular weight is 358 g/mol. The largest absolute Gasteiger partial charge is 0.494 e. The number of benzene rings is 2. The van der Waals surface area contributed by atoms with Gasteiger partial charge in [-0.2, -0.15) is 0 Å². The van der Waals surface area contributed by atoms with Crippen LogP contribution >= 0.6 is 23.1 Å². The number of nitrogens with zero attached hydrogens (tertiary/aromatic N) is 1. The number of rotatable bonds is 6. The van der Waals surface area contributed by atoms with Crippen LogP contribution < -0.4 is 10.1 Å². The van der Waals surface area contributed by atoms with E-state index in [0.717, 1.165) is 20.9 Å². The zero-order valence-electron chi connectivity index (χ0n) is 13.5. The van der Waals surface area contributed by atoms with Crippen molar-refractivity contribution in [3.8, 4) is 5.75 Å². The molecule has 3 rings (SSSR count). The first kappa shape index (κ1) is 16.8. The highest BCUT2D eigenvalue weighted by molar-refractivity contribution is 8.00.